The maximum Gasteiger partial charge on any atom is 0.326 e. The number of rotatable bonds is 6. The van der Waals surface area contributed by atoms with Gasteiger partial charge in [0.05, 0.1) is 0 Å². The van der Waals surface area contributed by atoms with Gasteiger partial charge in [-0.15, -0.1) is 0 Å². The monoisotopic (exact) mass is 292 g/mol. The van der Waals surface area contributed by atoms with Crippen LogP contribution in [0.15, 0.2) is 24.3 Å². The number of phenolic OH excluding ortho intramolecular Hbond substituents is 1. The second kappa shape index (κ2) is 6.97. The Morgan fingerprint density at radius 3 is 2.43 bits per heavy atom. The summed E-state index contributed by atoms with van der Waals surface area (Å²) in [5, 5.41) is 23.6. The van der Waals surface area contributed by atoms with Crippen LogP contribution >= 0.6 is 0 Å². The minimum Gasteiger partial charge on any atom is -0.508 e. The molecule has 1 unspecified atom stereocenters. The van der Waals surface area contributed by atoms with Crippen LogP contribution in [-0.4, -0.2) is 34.8 Å². The van der Waals surface area contributed by atoms with E-state index >= 15 is 0 Å². The molecule has 0 heterocycles. The molecule has 1 aliphatic rings. The lowest BCUT2D eigenvalue weighted by atomic mass is 9.85. The average molecular weight is 292 g/mol. The molecule has 0 aliphatic heterocycles. The Morgan fingerprint density at radius 2 is 1.90 bits per heavy atom. The van der Waals surface area contributed by atoms with Crippen LogP contribution in [0, 0.1) is 5.92 Å². The van der Waals surface area contributed by atoms with E-state index < -0.39 is 18.0 Å². The fourth-order valence-electron chi connectivity index (χ4n) is 2.21. The zero-order valence-electron chi connectivity index (χ0n) is 11.7. The van der Waals surface area contributed by atoms with E-state index in [0.717, 1.165) is 18.4 Å². The number of carboxylic acids is 1. The number of carbonyl (C=O) groups excluding carboxylic acids is 1. The van der Waals surface area contributed by atoms with Gasteiger partial charge in [0.15, 0.2) is 0 Å². The number of aliphatic carboxylic acids is 1. The number of carboxylic acid groups (broad SMARTS) is 1. The maximum atomic E-state index is 11.7. The van der Waals surface area contributed by atoms with Gasteiger partial charge in [-0.05, 0) is 36.5 Å². The van der Waals surface area contributed by atoms with Gasteiger partial charge in [-0.3, -0.25) is 0 Å². The Balaban J connectivity index is 1.84. The van der Waals surface area contributed by atoms with E-state index in [4.69, 9.17) is 0 Å². The summed E-state index contributed by atoms with van der Waals surface area (Å²) >= 11 is 0. The normalized spacial score (nSPS) is 15.8. The second-order valence-corrected chi connectivity index (χ2v) is 5.41. The Kier molecular flexibility index (Phi) is 5.03. The summed E-state index contributed by atoms with van der Waals surface area (Å²) in [6.45, 7) is 0.595. The lowest BCUT2D eigenvalue weighted by molar-refractivity contribution is -0.139. The van der Waals surface area contributed by atoms with Gasteiger partial charge in [-0.2, -0.15) is 0 Å². The van der Waals surface area contributed by atoms with Crippen molar-refractivity contribution < 1.29 is 19.8 Å². The van der Waals surface area contributed by atoms with Crippen LogP contribution in [-0.2, 0) is 11.2 Å². The van der Waals surface area contributed by atoms with Crippen LogP contribution in [0.2, 0.25) is 0 Å². The van der Waals surface area contributed by atoms with Gasteiger partial charge in [-0.25, -0.2) is 9.59 Å². The van der Waals surface area contributed by atoms with E-state index in [9.17, 15) is 19.8 Å². The first-order valence-electron chi connectivity index (χ1n) is 7.09. The fraction of sp³-hybridized carbons (Fsp3) is 0.467. The van der Waals surface area contributed by atoms with Gasteiger partial charge in [0.1, 0.15) is 11.8 Å². The number of nitrogens with one attached hydrogen (secondary N) is 2. The minimum absolute atomic E-state index is 0.122. The molecule has 1 fully saturated rings. The number of hydrogen-bond donors (Lipinski definition) is 4. The summed E-state index contributed by atoms with van der Waals surface area (Å²) in [7, 11) is 0. The molecule has 1 aromatic carbocycles. The fourth-order valence-corrected chi connectivity index (χ4v) is 2.21. The molecule has 0 bridgehead atoms. The number of phenols is 1. The highest BCUT2D eigenvalue weighted by Crippen LogP contribution is 2.25. The highest BCUT2D eigenvalue weighted by atomic mass is 16.4. The van der Waals surface area contributed by atoms with Crippen molar-refractivity contribution in [2.24, 2.45) is 5.92 Å². The van der Waals surface area contributed by atoms with Gasteiger partial charge < -0.3 is 20.8 Å². The third-order valence-electron chi connectivity index (χ3n) is 3.76. The average Bonchev–Trinajstić information content (AvgIpc) is 2.38. The SMILES string of the molecule is O=C(NCC1CCC1)NC(Cc1ccc(O)cc1)C(=O)O. The first-order chi connectivity index (χ1) is 10.0. The quantitative estimate of drug-likeness (QED) is 0.638. The van der Waals surface area contributed by atoms with Gasteiger partial charge >= 0.3 is 12.0 Å². The molecular weight excluding hydrogens is 272 g/mol. The molecule has 4 N–H and O–H groups in total. The number of urea groups is 1. The number of benzene rings is 1. The molecule has 6 nitrogen and oxygen atoms in total. The van der Waals surface area contributed by atoms with Crippen LogP contribution in [0.3, 0.4) is 0 Å². The zero-order chi connectivity index (χ0) is 15.2. The predicted molar refractivity (Wildman–Crippen MR) is 77.1 cm³/mol. The van der Waals surface area contributed by atoms with Crippen molar-refractivity contribution in [2.75, 3.05) is 6.54 Å². The third kappa shape index (κ3) is 4.66. The molecule has 2 amide bonds. The smallest absolute Gasteiger partial charge is 0.326 e. The summed E-state index contributed by atoms with van der Waals surface area (Å²) in [5.41, 5.74) is 0.736. The number of amides is 2. The maximum absolute atomic E-state index is 11.7. The van der Waals surface area contributed by atoms with Crippen molar-refractivity contribution in [3.63, 3.8) is 0 Å². The minimum atomic E-state index is -1.08. The van der Waals surface area contributed by atoms with Crippen molar-refractivity contribution in [3.05, 3.63) is 29.8 Å². The van der Waals surface area contributed by atoms with E-state index in [1.165, 1.54) is 18.6 Å². The van der Waals surface area contributed by atoms with Crippen LogP contribution in [0.25, 0.3) is 0 Å². The molecule has 114 valence electrons. The van der Waals surface area contributed by atoms with Gasteiger partial charge in [0.25, 0.3) is 0 Å². The van der Waals surface area contributed by atoms with Crippen molar-refractivity contribution >= 4 is 12.0 Å². The topological polar surface area (TPSA) is 98.7 Å². The Morgan fingerprint density at radius 1 is 1.24 bits per heavy atom. The standard InChI is InChI=1S/C15H20N2O4/c18-12-6-4-10(5-7-12)8-13(14(19)20)17-15(21)16-9-11-2-1-3-11/h4-7,11,13,18H,1-3,8-9H2,(H,19,20)(H2,16,17,21). The van der Waals surface area contributed by atoms with Gasteiger partial charge in [0.2, 0.25) is 0 Å². The first-order valence-corrected chi connectivity index (χ1v) is 7.09. The number of aromatic hydroxyl groups is 1. The molecule has 21 heavy (non-hydrogen) atoms. The lowest BCUT2D eigenvalue weighted by Gasteiger charge is -2.25. The Labute approximate surface area is 123 Å². The summed E-state index contributed by atoms with van der Waals surface area (Å²) in [6.07, 6.45) is 3.62. The molecule has 1 saturated carbocycles. The number of hydrogen-bond acceptors (Lipinski definition) is 3. The van der Waals surface area contributed by atoms with Crippen molar-refractivity contribution in [1.82, 2.24) is 10.6 Å². The molecule has 0 radical (unpaired) electrons. The molecule has 1 aliphatic carbocycles. The summed E-state index contributed by atoms with van der Waals surface area (Å²) in [5.74, 6) is -0.435. The molecule has 2 rings (SSSR count). The van der Waals surface area contributed by atoms with E-state index in [1.54, 1.807) is 12.1 Å². The molecule has 1 atom stereocenters. The predicted octanol–water partition coefficient (Wildman–Crippen LogP) is 1.49. The zero-order valence-corrected chi connectivity index (χ0v) is 11.7. The molecule has 0 aromatic heterocycles. The van der Waals surface area contributed by atoms with Gasteiger partial charge in [0, 0.05) is 13.0 Å². The molecule has 6 heteroatoms. The van der Waals surface area contributed by atoms with Crippen molar-refractivity contribution in [1.29, 1.82) is 0 Å². The second-order valence-electron chi connectivity index (χ2n) is 5.41. The summed E-state index contributed by atoms with van der Waals surface area (Å²) in [4.78, 5) is 22.9. The van der Waals surface area contributed by atoms with Crippen LogP contribution in [0.1, 0.15) is 24.8 Å². The van der Waals surface area contributed by atoms with E-state index in [1.807, 2.05) is 0 Å². The van der Waals surface area contributed by atoms with Crippen LogP contribution in [0.4, 0.5) is 4.79 Å². The van der Waals surface area contributed by atoms with E-state index in [2.05, 4.69) is 10.6 Å². The molecular formula is C15H20N2O4. The largest absolute Gasteiger partial charge is 0.508 e. The van der Waals surface area contributed by atoms with Crippen molar-refractivity contribution in [2.45, 2.75) is 31.7 Å². The molecule has 0 saturated heterocycles. The first kappa shape index (κ1) is 15.2. The van der Waals surface area contributed by atoms with E-state index in [-0.39, 0.29) is 12.2 Å². The highest BCUT2D eigenvalue weighted by Gasteiger charge is 2.22. The van der Waals surface area contributed by atoms with Crippen molar-refractivity contribution in [3.8, 4) is 5.75 Å². The van der Waals surface area contributed by atoms with Crippen LogP contribution < -0.4 is 10.6 Å². The van der Waals surface area contributed by atoms with Gasteiger partial charge in [-0.1, -0.05) is 18.6 Å². The van der Waals surface area contributed by atoms with E-state index in [0.29, 0.717) is 12.5 Å². The molecule has 0 spiro atoms. The summed E-state index contributed by atoms with van der Waals surface area (Å²) < 4.78 is 0. The highest BCUT2D eigenvalue weighted by molar-refractivity contribution is 5.82. The summed E-state index contributed by atoms with van der Waals surface area (Å²) in [6, 6.07) is 4.82. The lowest BCUT2D eigenvalue weighted by Crippen LogP contribution is -2.48. The Hall–Kier alpha value is -2.24. The van der Waals surface area contributed by atoms with Crippen LogP contribution in [0.5, 0.6) is 5.75 Å². The molecule has 1 aromatic rings. The number of carbonyl (C=O) groups is 2. The third-order valence-corrected chi connectivity index (χ3v) is 3.76. The Bertz CT molecular complexity index is 497.